The van der Waals surface area contributed by atoms with Crippen LogP contribution in [0.5, 0.6) is 0 Å². The maximum Gasteiger partial charge on any atom is 2.00 e. The van der Waals surface area contributed by atoms with Crippen molar-refractivity contribution in [2.24, 2.45) is 5.92 Å². The number of fused-ring (bicyclic) bond motifs is 3. The second-order valence-corrected chi connectivity index (χ2v) is 5.50. The molecule has 21 heavy (non-hydrogen) atoms. The van der Waals surface area contributed by atoms with Gasteiger partial charge in [-0.2, -0.15) is 30.3 Å². The fourth-order valence-electron chi connectivity index (χ4n) is 3.03. The van der Waals surface area contributed by atoms with Crippen LogP contribution in [0.15, 0.2) is 72.4 Å². The first kappa shape index (κ1) is 15.9. The molecule has 0 N–H and O–H groups in total. The van der Waals surface area contributed by atoms with Gasteiger partial charge in [0.15, 0.2) is 0 Å². The third-order valence-electron chi connectivity index (χ3n) is 4.20. The third-order valence-corrected chi connectivity index (χ3v) is 4.20. The van der Waals surface area contributed by atoms with Gasteiger partial charge in [-0.15, -0.1) is 30.4 Å². The Morgan fingerprint density at radius 1 is 1.10 bits per heavy atom. The number of nitrogens with zero attached hydrogens (tertiary/aromatic N) is 1. The van der Waals surface area contributed by atoms with Crippen molar-refractivity contribution in [3.8, 4) is 0 Å². The summed E-state index contributed by atoms with van der Waals surface area (Å²) in [7, 11) is 0. The smallest absolute Gasteiger partial charge is 0.409 e. The predicted molar refractivity (Wildman–Crippen MR) is 85.5 cm³/mol. The van der Waals surface area contributed by atoms with E-state index in [9.17, 15) is 0 Å². The van der Waals surface area contributed by atoms with E-state index in [2.05, 4.69) is 41.8 Å². The average molecular weight is 319 g/mol. The van der Waals surface area contributed by atoms with Crippen LogP contribution in [0.4, 0.5) is 0 Å². The summed E-state index contributed by atoms with van der Waals surface area (Å²) in [6, 6.07) is 18.5. The Kier molecular flexibility index (Phi) is 5.66. The van der Waals surface area contributed by atoms with Crippen molar-refractivity contribution < 1.29 is 17.1 Å². The van der Waals surface area contributed by atoms with Gasteiger partial charge in [0.25, 0.3) is 0 Å². The molecule has 2 bridgehead atoms. The molecule has 0 saturated carbocycles. The maximum absolute atomic E-state index is 4.25. The molecule has 1 nitrogen and oxygen atoms in total. The van der Waals surface area contributed by atoms with Crippen LogP contribution in [0.1, 0.15) is 18.4 Å². The molecule has 0 atom stereocenters. The molecule has 110 valence electrons. The molecule has 0 aliphatic carbocycles. The van der Waals surface area contributed by atoms with Crippen LogP contribution in [0.2, 0.25) is 0 Å². The van der Waals surface area contributed by atoms with Gasteiger partial charge in [0, 0.05) is 13.1 Å². The second-order valence-electron chi connectivity index (χ2n) is 5.50. The molecule has 3 aliphatic heterocycles. The molecule has 3 saturated heterocycles. The topological polar surface area (TPSA) is 3.24 Å². The maximum atomic E-state index is 4.25. The van der Waals surface area contributed by atoms with Gasteiger partial charge in [-0.3, -0.25) is 0 Å². The first-order valence-electron chi connectivity index (χ1n) is 7.39. The van der Waals surface area contributed by atoms with E-state index in [0.717, 1.165) is 5.92 Å². The Bertz CT molecular complexity index is 538. The molecule has 0 unspecified atom stereocenters. The number of allylic oxidation sites excluding steroid dienone is 1. The van der Waals surface area contributed by atoms with Gasteiger partial charge in [0.1, 0.15) is 0 Å². The van der Waals surface area contributed by atoms with E-state index in [-0.39, 0.29) is 17.1 Å². The van der Waals surface area contributed by atoms with Crippen LogP contribution in [0.25, 0.3) is 6.08 Å². The molecule has 2 heteroatoms. The van der Waals surface area contributed by atoms with Crippen LogP contribution in [-0.2, 0) is 17.1 Å². The molecule has 3 fully saturated rings. The second kappa shape index (κ2) is 7.49. The van der Waals surface area contributed by atoms with E-state index >= 15 is 0 Å². The molecule has 3 aliphatic rings. The average Bonchev–Trinajstić information content (AvgIpc) is 3.19. The van der Waals surface area contributed by atoms with Crippen molar-refractivity contribution in [2.45, 2.75) is 12.8 Å². The normalized spacial score (nSPS) is 19.1. The van der Waals surface area contributed by atoms with Gasteiger partial charge in [-0.1, -0.05) is 5.57 Å². The number of hydrogen-bond donors (Lipinski definition) is 0. The first-order chi connectivity index (χ1) is 9.84. The van der Waals surface area contributed by atoms with Gasteiger partial charge in [-0.25, -0.2) is 12.1 Å². The Balaban J connectivity index is 0.000000231. The molecular weight excluding hydrogens is 298 g/mol. The Hall–Kier alpha value is -1.50. The molecule has 0 spiro atoms. The van der Waals surface area contributed by atoms with E-state index in [1.54, 1.807) is 0 Å². The summed E-state index contributed by atoms with van der Waals surface area (Å²) in [6.45, 7) is 6.69. The zero-order valence-electron chi connectivity index (χ0n) is 12.2. The van der Waals surface area contributed by atoms with Crippen LogP contribution in [0.3, 0.4) is 0 Å². The minimum absolute atomic E-state index is 0. The molecule has 2 aromatic carbocycles. The van der Waals surface area contributed by atoms with Gasteiger partial charge < -0.3 is 4.90 Å². The minimum atomic E-state index is 0. The van der Waals surface area contributed by atoms with Crippen molar-refractivity contribution >= 4 is 6.08 Å². The monoisotopic (exact) mass is 319 g/mol. The summed E-state index contributed by atoms with van der Waals surface area (Å²) >= 11 is 0. The molecule has 3 heterocycles. The quantitative estimate of drug-likeness (QED) is 0.555. The van der Waals surface area contributed by atoms with E-state index in [1.165, 1.54) is 42.8 Å². The van der Waals surface area contributed by atoms with Crippen LogP contribution < -0.4 is 0 Å². The number of rotatable bonds is 1. The summed E-state index contributed by atoms with van der Waals surface area (Å²) in [6.07, 6.45) is 4.89. The summed E-state index contributed by atoms with van der Waals surface area (Å²) in [5, 5.41) is 0. The summed E-state index contributed by atoms with van der Waals surface area (Å²) < 4.78 is 0. The van der Waals surface area contributed by atoms with Crippen molar-refractivity contribution in [1.29, 1.82) is 0 Å². The van der Waals surface area contributed by atoms with E-state index in [4.69, 9.17) is 0 Å². The van der Waals surface area contributed by atoms with Crippen molar-refractivity contribution in [1.82, 2.24) is 4.90 Å². The van der Waals surface area contributed by atoms with Crippen molar-refractivity contribution in [3.05, 3.63) is 78.0 Å². The number of piperidine rings is 3. The molecule has 0 aromatic heterocycles. The molecule has 0 amide bonds. The number of hydrogen-bond acceptors (Lipinski definition) is 1. The fourth-order valence-corrected chi connectivity index (χ4v) is 3.03. The Labute approximate surface area is 138 Å². The van der Waals surface area contributed by atoms with E-state index in [1.807, 2.05) is 30.3 Å². The van der Waals surface area contributed by atoms with Crippen LogP contribution in [-0.4, -0.2) is 18.0 Å². The van der Waals surface area contributed by atoms with Gasteiger partial charge >= 0.3 is 17.1 Å². The minimum Gasteiger partial charge on any atom is -0.409 e. The summed E-state index contributed by atoms with van der Waals surface area (Å²) in [5.74, 6) is 0.746. The van der Waals surface area contributed by atoms with Crippen LogP contribution in [0, 0.1) is 5.92 Å². The molecule has 5 rings (SSSR count). The van der Waals surface area contributed by atoms with Crippen molar-refractivity contribution in [3.63, 3.8) is 0 Å². The zero-order valence-corrected chi connectivity index (χ0v) is 13.3. The summed E-state index contributed by atoms with van der Waals surface area (Å²) in [5.41, 5.74) is 4.04. The largest absolute Gasteiger partial charge is 2.00 e. The van der Waals surface area contributed by atoms with E-state index < -0.39 is 0 Å². The van der Waals surface area contributed by atoms with Gasteiger partial charge in [-0.05, 0) is 24.5 Å². The predicted octanol–water partition coefficient (Wildman–Crippen LogP) is 4.43. The third kappa shape index (κ3) is 3.78. The molecular formula is C19H21FeN. The molecule has 0 radical (unpaired) electrons. The first-order valence-corrected chi connectivity index (χ1v) is 7.39. The van der Waals surface area contributed by atoms with Gasteiger partial charge in [0.05, 0.1) is 0 Å². The Morgan fingerprint density at radius 3 is 2.19 bits per heavy atom. The van der Waals surface area contributed by atoms with E-state index in [0.29, 0.717) is 0 Å². The van der Waals surface area contributed by atoms with Crippen LogP contribution >= 0.6 is 0 Å². The Morgan fingerprint density at radius 2 is 1.71 bits per heavy atom. The SMILES string of the molecule is C=C1/C(=C/[c-]2cccc2)N2CCC1CC2.[Fe+2].c1cc[cH-]c1. The zero-order chi connectivity index (χ0) is 13.8. The standard InChI is InChI=1S/C14H16N.C5H5.Fe/c1-11-13-6-8-15(9-7-13)14(11)10-12-4-2-3-5-12;1-2-4-5-3-1;/h2-5,10,13H,1,6-9H2;1-5H;/q2*-1;+2/b14-10-;;. The van der Waals surface area contributed by atoms with Gasteiger partial charge in [0.2, 0.25) is 0 Å². The fraction of sp³-hybridized carbons (Fsp3) is 0.263. The molecule has 2 aromatic rings. The van der Waals surface area contributed by atoms with Crippen molar-refractivity contribution in [2.75, 3.05) is 13.1 Å². The summed E-state index contributed by atoms with van der Waals surface area (Å²) in [4.78, 5) is 2.48.